The molecule has 136 valence electrons. The molecule has 0 aromatic carbocycles. The average Bonchev–Trinajstić information content (AvgIpc) is 2.42. The van der Waals surface area contributed by atoms with Crippen molar-refractivity contribution in [3.8, 4) is 0 Å². The Morgan fingerprint density at radius 3 is 1.83 bits per heavy atom. The monoisotopic (exact) mass is 326 g/mol. The third kappa shape index (κ3) is 18.8. The summed E-state index contributed by atoms with van der Waals surface area (Å²) in [7, 11) is 0. The molecule has 0 aliphatic carbocycles. The number of allylic oxidation sites excluding steroid dienone is 2. The van der Waals surface area contributed by atoms with Crippen molar-refractivity contribution in [3.05, 3.63) is 25.3 Å². The lowest BCUT2D eigenvalue weighted by Crippen LogP contribution is -2.44. The lowest BCUT2D eigenvalue weighted by molar-refractivity contribution is -0.142. The van der Waals surface area contributed by atoms with Gasteiger partial charge in [-0.25, -0.2) is 0 Å². The molecule has 0 rings (SSSR count). The summed E-state index contributed by atoms with van der Waals surface area (Å²) in [5, 5.41) is 8.59. The summed E-state index contributed by atoms with van der Waals surface area (Å²) in [6, 6.07) is 0. The number of hydrogen-bond acceptors (Lipinski definition) is 3. The highest BCUT2D eigenvalue weighted by Gasteiger charge is 2.26. The smallest absolute Gasteiger partial charge is 0.323 e. The third-order valence-corrected chi connectivity index (χ3v) is 3.57. The van der Waals surface area contributed by atoms with Gasteiger partial charge in [0.05, 0.1) is 0 Å². The predicted molar refractivity (Wildman–Crippen MR) is 100 cm³/mol. The molecule has 0 radical (unpaired) electrons. The lowest BCUT2D eigenvalue weighted by atomic mass is 9.96. The van der Waals surface area contributed by atoms with E-state index in [2.05, 4.69) is 27.0 Å². The van der Waals surface area contributed by atoms with Crippen LogP contribution in [0.5, 0.6) is 0 Å². The number of carbonyl (C=O) groups is 1. The molecule has 0 spiro atoms. The van der Waals surface area contributed by atoms with E-state index in [1.54, 1.807) is 6.08 Å². The van der Waals surface area contributed by atoms with Crippen LogP contribution in [0.15, 0.2) is 25.3 Å². The van der Waals surface area contributed by atoms with E-state index in [9.17, 15) is 4.79 Å². The Morgan fingerprint density at radius 2 is 1.39 bits per heavy atom. The summed E-state index contributed by atoms with van der Waals surface area (Å²) in [4.78, 5) is 10.5. The highest BCUT2D eigenvalue weighted by molar-refractivity contribution is 5.77. The largest absolute Gasteiger partial charge is 0.480 e. The van der Waals surface area contributed by atoms with E-state index in [1.165, 1.54) is 32.6 Å². The van der Waals surface area contributed by atoms with Gasteiger partial charge in [-0.15, -0.1) is 13.2 Å². The molecular weight excluding hydrogens is 288 g/mol. The molecule has 0 heterocycles. The van der Waals surface area contributed by atoms with Gasteiger partial charge in [-0.05, 0) is 59.3 Å². The van der Waals surface area contributed by atoms with Crippen LogP contribution in [0.25, 0.3) is 0 Å². The van der Waals surface area contributed by atoms with Gasteiger partial charge in [-0.3, -0.25) is 4.79 Å². The number of carboxylic acid groups (broad SMARTS) is 1. The first-order valence-corrected chi connectivity index (χ1v) is 8.60. The van der Waals surface area contributed by atoms with Crippen LogP contribution in [0.2, 0.25) is 0 Å². The minimum Gasteiger partial charge on any atom is -0.480 e. The van der Waals surface area contributed by atoms with Crippen molar-refractivity contribution >= 4 is 5.97 Å². The van der Waals surface area contributed by atoms with Gasteiger partial charge in [0.15, 0.2) is 0 Å². The number of rotatable bonds is 12. The molecule has 23 heavy (non-hydrogen) atoms. The van der Waals surface area contributed by atoms with Crippen LogP contribution in [0.4, 0.5) is 0 Å². The van der Waals surface area contributed by atoms with Crippen molar-refractivity contribution in [2.75, 3.05) is 0 Å². The van der Waals surface area contributed by atoms with Crippen molar-refractivity contribution in [3.63, 3.8) is 0 Å². The molecule has 0 saturated heterocycles. The first-order valence-electron chi connectivity index (χ1n) is 8.60. The topological polar surface area (TPSA) is 89.3 Å². The lowest BCUT2D eigenvalue weighted by Gasteiger charge is -2.17. The van der Waals surface area contributed by atoms with Gasteiger partial charge in [-0.1, -0.05) is 31.4 Å². The first-order chi connectivity index (χ1) is 10.6. The van der Waals surface area contributed by atoms with E-state index in [4.69, 9.17) is 16.6 Å². The zero-order chi connectivity index (χ0) is 18.4. The van der Waals surface area contributed by atoms with E-state index in [0.717, 1.165) is 25.7 Å². The van der Waals surface area contributed by atoms with Gasteiger partial charge in [-0.2, -0.15) is 0 Å². The molecule has 0 amide bonds. The number of hydrogen-bond donors (Lipinski definition) is 3. The van der Waals surface area contributed by atoms with Gasteiger partial charge in [0.25, 0.3) is 0 Å². The summed E-state index contributed by atoms with van der Waals surface area (Å²) in [5.41, 5.74) is 10.3. The fourth-order valence-electron chi connectivity index (χ4n) is 1.94. The molecule has 1 atom stereocenters. The third-order valence-electron chi connectivity index (χ3n) is 3.57. The molecule has 5 N–H and O–H groups in total. The Morgan fingerprint density at radius 1 is 0.913 bits per heavy atom. The van der Waals surface area contributed by atoms with Gasteiger partial charge < -0.3 is 16.6 Å². The second-order valence-corrected chi connectivity index (χ2v) is 7.13. The molecule has 4 nitrogen and oxygen atoms in total. The highest BCUT2D eigenvalue weighted by atomic mass is 16.4. The van der Waals surface area contributed by atoms with Gasteiger partial charge in [0, 0.05) is 5.54 Å². The van der Waals surface area contributed by atoms with E-state index in [-0.39, 0.29) is 5.54 Å². The molecule has 0 aliphatic rings. The molecule has 0 bridgehead atoms. The molecule has 4 heteroatoms. The van der Waals surface area contributed by atoms with Crippen LogP contribution < -0.4 is 11.5 Å². The van der Waals surface area contributed by atoms with Crippen LogP contribution in [-0.2, 0) is 4.79 Å². The molecule has 0 fully saturated rings. The Balaban J connectivity index is 0. The Kier molecular flexibility index (Phi) is 14.0. The zero-order valence-corrected chi connectivity index (χ0v) is 15.4. The van der Waals surface area contributed by atoms with Crippen LogP contribution in [-0.4, -0.2) is 22.2 Å². The van der Waals surface area contributed by atoms with Crippen molar-refractivity contribution < 1.29 is 9.90 Å². The van der Waals surface area contributed by atoms with Gasteiger partial charge in [0.2, 0.25) is 0 Å². The van der Waals surface area contributed by atoms with Crippen LogP contribution in [0.3, 0.4) is 0 Å². The molecule has 0 saturated carbocycles. The Hall–Kier alpha value is -1.13. The van der Waals surface area contributed by atoms with Crippen LogP contribution in [0, 0.1) is 0 Å². The maximum Gasteiger partial charge on any atom is 0.323 e. The molecule has 0 unspecified atom stereocenters. The summed E-state index contributed by atoms with van der Waals surface area (Å²) < 4.78 is 0. The fourth-order valence-corrected chi connectivity index (χ4v) is 1.94. The van der Waals surface area contributed by atoms with E-state index < -0.39 is 11.5 Å². The van der Waals surface area contributed by atoms with E-state index >= 15 is 0 Å². The first kappa shape index (κ1) is 24.1. The van der Waals surface area contributed by atoms with Crippen molar-refractivity contribution in [1.82, 2.24) is 0 Å². The van der Waals surface area contributed by atoms with Crippen LogP contribution >= 0.6 is 0 Å². The van der Waals surface area contributed by atoms with Gasteiger partial charge >= 0.3 is 5.97 Å². The molecule has 0 aromatic heterocycles. The zero-order valence-electron chi connectivity index (χ0n) is 15.4. The second kappa shape index (κ2) is 13.3. The summed E-state index contributed by atoms with van der Waals surface area (Å²) >= 11 is 0. The fraction of sp³-hybridized carbons (Fsp3) is 0.737. The summed E-state index contributed by atoms with van der Waals surface area (Å²) in [5.74, 6) is -0.943. The second-order valence-electron chi connectivity index (χ2n) is 7.13. The number of carboxylic acids is 1. The summed E-state index contributed by atoms with van der Waals surface area (Å²) in [6.45, 7) is 12.9. The molecular formula is C19H38N2O2. The molecule has 0 aliphatic heterocycles. The SMILES string of the molecule is C=CCCCCCCC(C)(C)N.C=CCCC[C@](C)(N)C(=O)O. The van der Waals surface area contributed by atoms with Crippen molar-refractivity contribution in [2.24, 2.45) is 11.5 Å². The van der Waals surface area contributed by atoms with Gasteiger partial charge in [0.1, 0.15) is 5.54 Å². The maximum absolute atomic E-state index is 10.5. The minimum atomic E-state index is -1.08. The van der Waals surface area contributed by atoms with E-state index in [0.29, 0.717) is 6.42 Å². The predicted octanol–water partition coefficient (Wildman–Crippen LogP) is 4.40. The Bertz CT molecular complexity index is 331. The molecule has 0 aromatic rings. The maximum atomic E-state index is 10.5. The number of aliphatic carboxylic acids is 1. The van der Waals surface area contributed by atoms with Crippen molar-refractivity contribution in [2.45, 2.75) is 89.6 Å². The number of unbranched alkanes of at least 4 members (excludes halogenated alkanes) is 5. The summed E-state index contributed by atoms with van der Waals surface area (Å²) in [6.07, 6.45) is 13.3. The Labute approximate surface area is 143 Å². The minimum absolute atomic E-state index is 0.0262. The quantitative estimate of drug-likeness (QED) is 0.366. The van der Waals surface area contributed by atoms with Crippen molar-refractivity contribution in [1.29, 1.82) is 0 Å². The average molecular weight is 327 g/mol. The standard InChI is InChI=1S/C11H23N.C8H15NO2/c1-4-5-6-7-8-9-10-11(2,3)12;1-3-4-5-6-8(2,9)7(10)11/h4H,1,5-10,12H2,2-3H3;3H,1,4-6,9H2,2H3,(H,10,11)/t;8-/m.0/s1. The number of nitrogens with two attached hydrogens (primary N) is 2. The highest BCUT2D eigenvalue weighted by Crippen LogP contribution is 2.12. The normalized spacial score (nSPS) is 13.4. The van der Waals surface area contributed by atoms with E-state index in [1.807, 2.05) is 6.08 Å². The van der Waals surface area contributed by atoms with Crippen LogP contribution in [0.1, 0.15) is 78.6 Å².